The van der Waals surface area contributed by atoms with E-state index in [1.807, 2.05) is 36.4 Å². The third-order valence-corrected chi connectivity index (χ3v) is 3.43. The minimum absolute atomic E-state index is 0.174. The number of carbonyl (C=O) groups excluding carboxylic acids is 1. The molecule has 126 valence electrons. The summed E-state index contributed by atoms with van der Waals surface area (Å²) in [5.41, 5.74) is 1.83. The molecule has 0 aliphatic heterocycles. The second-order valence-corrected chi connectivity index (χ2v) is 5.05. The quantitative estimate of drug-likeness (QED) is 0.794. The van der Waals surface area contributed by atoms with Crippen molar-refractivity contribution in [3.05, 3.63) is 59.7 Å². The first-order valence-electron chi connectivity index (χ1n) is 7.46. The van der Waals surface area contributed by atoms with Gasteiger partial charge in [0.15, 0.2) is 0 Å². The van der Waals surface area contributed by atoms with Crippen LogP contribution in [-0.4, -0.2) is 27.2 Å². The van der Waals surface area contributed by atoms with Gasteiger partial charge in [-0.3, -0.25) is 4.79 Å². The Morgan fingerprint density at radius 1 is 0.917 bits per heavy atom. The topological polar surface area (TPSA) is 56.8 Å². The van der Waals surface area contributed by atoms with Crippen LogP contribution in [0.1, 0.15) is 11.1 Å². The van der Waals surface area contributed by atoms with E-state index in [-0.39, 0.29) is 5.91 Å². The van der Waals surface area contributed by atoms with Crippen LogP contribution in [0.4, 0.5) is 0 Å². The van der Waals surface area contributed by atoms with Crippen LogP contribution in [0.3, 0.4) is 0 Å². The van der Waals surface area contributed by atoms with Gasteiger partial charge in [-0.2, -0.15) is 0 Å². The third kappa shape index (κ3) is 5.05. The summed E-state index contributed by atoms with van der Waals surface area (Å²) in [6, 6.07) is 13.0. The van der Waals surface area contributed by atoms with E-state index in [1.165, 1.54) is 6.08 Å². The fourth-order valence-corrected chi connectivity index (χ4v) is 2.09. The van der Waals surface area contributed by atoms with E-state index in [1.54, 1.807) is 33.5 Å². The molecular formula is C19H21NO4. The molecule has 0 heterocycles. The van der Waals surface area contributed by atoms with Crippen LogP contribution in [-0.2, 0) is 11.3 Å². The van der Waals surface area contributed by atoms with Crippen LogP contribution in [0.25, 0.3) is 6.08 Å². The summed E-state index contributed by atoms with van der Waals surface area (Å²) in [5, 5.41) is 2.83. The zero-order valence-electron chi connectivity index (χ0n) is 14.0. The van der Waals surface area contributed by atoms with Gasteiger partial charge in [0.05, 0.1) is 21.3 Å². The minimum atomic E-state index is -0.174. The summed E-state index contributed by atoms with van der Waals surface area (Å²) in [5.74, 6) is 1.96. The minimum Gasteiger partial charge on any atom is -0.497 e. The zero-order chi connectivity index (χ0) is 17.4. The average Bonchev–Trinajstić information content (AvgIpc) is 2.64. The largest absolute Gasteiger partial charge is 0.497 e. The molecule has 0 saturated carbocycles. The summed E-state index contributed by atoms with van der Waals surface area (Å²) >= 11 is 0. The standard InChI is InChI=1S/C19H21NO4/c1-22-16-7-4-14(5-8-16)13-20-19(21)9-6-15-10-17(23-2)12-18(11-15)24-3/h4-12H,13H2,1-3H3,(H,20,21)/b9-6+. The summed E-state index contributed by atoms with van der Waals surface area (Å²) in [4.78, 5) is 11.9. The summed E-state index contributed by atoms with van der Waals surface area (Å²) in [6.45, 7) is 0.453. The monoisotopic (exact) mass is 327 g/mol. The van der Waals surface area contributed by atoms with Crippen molar-refractivity contribution in [2.45, 2.75) is 6.54 Å². The van der Waals surface area contributed by atoms with Crippen LogP contribution >= 0.6 is 0 Å². The van der Waals surface area contributed by atoms with Gasteiger partial charge in [0.2, 0.25) is 5.91 Å². The maximum Gasteiger partial charge on any atom is 0.244 e. The number of amides is 1. The van der Waals surface area contributed by atoms with Crippen molar-refractivity contribution >= 4 is 12.0 Å². The third-order valence-electron chi connectivity index (χ3n) is 3.43. The van der Waals surface area contributed by atoms with E-state index in [0.717, 1.165) is 16.9 Å². The Balaban J connectivity index is 1.94. The van der Waals surface area contributed by atoms with Crippen molar-refractivity contribution in [2.24, 2.45) is 0 Å². The molecule has 0 unspecified atom stereocenters. The van der Waals surface area contributed by atoms with E-state index in [9.17, 15) is 4.79 Å². The molecule has 0 fully saturated rings. The Kier molecular flexibility index (Phi) is 6.25. The summed E-state index contributed by atoms with van der Waals surface area (Å²) in [7, 11) is 4.79. The Bertz CT molecular complexity index is 686. The molecule has 0 saturated heterocycles. The molecule has 0 aliphatic carbocycles. The predicted octanol–water partition coefficient (Wildman–Crippen LogP) is 3.04. The number of hydrogen-bond donors (Lipinski definition) is 1. The molecule has 0 aliphatic rings. The van der Waals surface area contributed by atoms with Gasteiger partial charge in [-0.05, 0) is 41.5 Å². The van der Waals surface area contributed by atoms with Crippen molar-refractivity contribution in [1.29, 1.82) is 0 Å². The van der Waals surface area contributed by atoms with Gasteiger partial charge in [0.1, 0.15) is 17.2 Å². The highest BCUT2D eigenvalue weighted by molar-refractivity contribution is 5.91. The van der Waals surface area contributed by atoms with E-state index < -0.39 is 0 Å². The Hall–Kier alpha value is -2.95. The molecule has 5 heteroatoms. The number of hydrogen-bond acceptors (Lipinski definition) is 4. The fraction of sp³-hybridized carbons (Fsp3) is 0.211. The zero-order valence-corrected chi connectivity index (χ0v) is 14.0. The fourth-order valence-electron chi connectivity index (χ4n) is 2.09. The highest BCUT2D eigenvalue weighted by atomic mass is 16.5. The van der Waals surface area contributed by atoms with E-state index in [2.05, 4.69) is 5.32 Å². The summed E-state index contributed by atoms with van der Waals surface area (Å²) < 4.78 is 15.5. The van der Waals surface area contributed by atoms with Gasteiger partial charge < -0.3 is 19.5 Å². The van der Waals surface area contributed by atoms with Gasteiger partial charge in [0, 0.05) is 18.7 Å². The molecule has 0 spiro atoms. The normalized spacial score (nSPS) is 10.5. The number of carbonyl (C=O) groups is 1. The lowest BCUT2D eigenvalue weighted by atomic mass is 10.2. The molecule has 0 atom stereocenters. The number of methoxy groups -OCH3 is 3. The molecule has 0 aromatic heterocycles. The lowest BCUT2D eigenvalue weighted by molar-refractivity contribution is -0.116. The van der Waals surface area contributed by atoms with Crippen molar-refractivity contribution in [1.82, 2.24) is 5.32 Å². The highest BCUT2D eigenvalue weighted by Gasteiger charge is 2.01. The lowest BCUT2D eigenvalue weighted by Gasteiger charge is -2.06. The molecule has 2 aromatic rings. The van der Waals surface area contributed by atoms with Crippen LogP contribution in [0.15, 0.2) is 48.5 Å². The van der Waals surface area contributed by atoms with E-state index >= 15 is 0 Å². The van der Waals surface area contributed by atoms with Gasteiger partial charge in [0.25, 0.3) is 0 Å². The van der Waals surface area contributed by atoms with Gasteiger partial charge in [-0.25, -0.2) is 0 Å². The number of benzene rings is 2. The smallest absolute Gasteiger partial charge is 0.244 e. The molecule has 0 bridgehead atoms. The van der Waals surface area contributed by atoms with Gasteiger partial charge in [-0.15, -0.1) is 0 Å². The number of ether oxygens (including phenoxy) is 3. The maximum atomic E-state index is 11.9. The highest BCUT2D eigenvalue weighted by Crippen LogP contribution is 2.23. The second-order valence-electron chi connectivity index (χ2n) is 5.05. The van der Waals surface area contributed by atoms with Crippen LogP contribution in [0, 0.1) is 0 Å². The Morgan fingerprint density at radius 2 is 1.50 bits per heavy atom. The van der Waals surface area contributed by atoms with Crippen molar-refractivity contribution in [3.8, 4) is 17.2 Å². The van der Waals surface area contributed by atoms with E-state index in [0.29, 0.717) is 18.0 Å². The van der Waals surface area contributed by atoms with Gasteiger partial charge >= 0.3 is 0 Å². The lowest BCUT2D eigenvalue weighted by Crippen LogP contribution is -2.20. The first kappa shape index (κ1) is 17.4. The molecule has 24 heavy (non-hydrogen) atoms. The SMILES string of the molecule is COc1ccc(CNC(=O)/C=C/c2cc(OC)cc(OC)c2)cc1. The number of nitrogens with one attached hydrogen (secondary N) is 1. The van der Waals surface area contributed by atoms with Crippen molar-refractivity contribution < 1.29 is 19.0 Å². The molecular weight excluding hydrogens is 306 g/mol. The van der Waals surface area contributed by atoms with Crippen LogP contribution in [0.2, 0.25) is 0 Å². The maximum absolute atomic E-state index is 11.9. The Labute approximate surface area is 141 Å². The van der Waals surface area contributed by atoms with Crippen LogP contribution < -0.4 is 19.5 Å². The first-order chi connectivity index (χ1) is 11.6. The van der Waals surface area contributed by atoms with E-state index in [4.69, 9.17) is 14.2 Å². The molecule has 2 aromatic carbocycles. The van der Waals surface area contributed by atoms with Crippen molar-refractivity contribution in [2.75, 3.05) is 21.3 Å². The predicted molar refractivity (Wildman–Crippen MR) is 93.4 cm³/mol. The van der Waals surface area contributed by atoms with Crippen LogP contribution in [0.5, 0.6) is 17.2 Å². The van der Waals surface area contributed by atoms with Crippen molar-refractivity contribution in [3.63, 3.8) is 0 Å². The number of rotatable bonds is 7. The first-order valence-corrected chi connectivity index (χ1v) is 7.46. The Morgan fingerprint density at radius 3 is 2.04 bits per heavy atom. The molecule has 1 N–H and O–H groups in total. The summed E-state index contributed by atoms with van der Waals surface area (Å²) in [6.07, 6.45) is 3.20. The molecule has 5 nitrogen and oxygen atoms in total. The second kappa shape index (κ2) is 8.62. The molecule has 2 rings (SSSR count). The van der Waals surface area contributed by atoms with Gasteiger partial charge in [-0.1, -0.05) is 12.1 Å². The molecule has 0 radical (unpaired) electrons. The average molecular weight is 327 g/mol. The molecule has 1 amide bonds.